The Labute approximate surface area is 119 Å². The van der Waals surface area contributed by atoms with Crippen LogP contribution < -0.4 is 9.47 Å². The summed E-state index contributed by atoms with van der Waals surface area (Å²) < 4.78 is 11.7. The molecule has 1 aliphatic carbocycles. The van der Waals surface area contributed by atoms with Crippen LogP contribution >= 0.6 is 0 Å². The average Bonchev–Trinajstić information content (AvgIpc) is 2.90. The molecule has 2 atom stereocenters. The summed E-state index contributed by atoms with van der Waals surface area (Å²) in [6.07, 6.45) is 6.47. The number of nitrogens with zero attached hydrogens (tertiary/aromatic N) is 1. The van der Waals surface area contributed by atoms with Crippen LogP contribution in [0.1, 0.15) is 44.6 Å². The fourth-order valence-electron chi connectivity index (χ4n) is 3.21. The van der Waals surface area contributed by atoms with Crippen LogP contribution in [0.4, 0.5) is 0 Å². The van der Waals surface area contributed by atoms with Gasteiger partial charge in [-0.25, -0.2) is 0 Å². The number of rotatable bonds is 3. The molecule has 0 bridgehead atoms. The molecule has 1 fully saturated rings. The van der Waals surface area contributed by atoms with Crippen LogP contribution in [-0.4, -0.2) is 23.6 Å². The lowest BCUT2D eigenvalue weighted by atomic mass is 9.85. The van der Waals surface area contributed by atoms with Crippen LogP contribution in [0.3, 0.4) is 0 Å². The third-order valence-corrected chi connectivity index (χ3v) is 4.40. The van der Waals surface area contributed by atoms with Crippen LogP contribution in [0.2, 0.25) is 0 Å². The van der Waals surface area contributed by atoms with Crippen molar-refractivity contribution in [1.29, 1.82) is 0 Å². The highest BCUT2D eigenvalue weighted by atomic mass is 16.5. The quantitative estimate of drug-likeness (QED) is 0.677. The summed E-state index contributed by atoms with van der Waals surface area (Å²) in [6, 6.07) is 5.77. The van der Waals surface area contributed by atoms with Gasteiger partial charge < -0.3 is 14.7 Å². The number of fused-ring (bicyclic) bond motifs is 1. The molecule has 0 saturated heterocycles. The van der Waals surface area contributed by atoms with Gasteiger partial charge in [-0.2, -0.15) is 0 Å². The molecule has 2 unspecified atom stereocenters. The molecule has 0 radical (unpaired) electrons. The molecule has 1 N–H and O–H groups in total. The van der Waals surface area contributed by atoms with Gasteiger partial charge in [0.05, 0.1) is 0 Å². The van der Waals surface area contributed by atoms with Crippen LogP contribution in [-0.2, 0) is 0 Å². The number of benzene rings is 1. The van der Waals surface area contributed by atoms with E-state index in [2.05, 4.69) is 12.1 Å². The summed E-state index contributed by atoms with van der Waals surface area (Å²) in [6.45, 7) is 2.57. The summed E-state index contributed by atoms with van der Waals surface area (Å²) >= 11 is 0. The highest BCUT2D eigenvalue weighted by Crippen LogP contribution is 2.34. The molecule has 0 aromatic heterocycles. The minimum Gasteiger partial charge on any atom is -0.490 e. The highest BCUT2D eigenvalue weighted by molar-refractivity contribution is 6.06. The van der Waals surface area contributed by atoms with E-state index < -0.39 is 0 Å². The monoisotopic (exact) mass is 275 g/mol. The van der Waals surface area contributed by atoms with Crippen LogP contribution in [0.15, 0.2) is 23.4 Å². The molecule has 0 spiro atoms. The van der Waals surface area contributed by atoms with Gasteiger partial charge in [0.1, 0.15) is 29.9 Å². The molecule has 4 nitrogen and oxygen atoms in total. The number of hydrogen-bond acceptors (Lipinski definition) is 4. The molecule has 1 heterocycles. The number of oxime groups is 1. The summed E-state index contributed by atoms with van der Waals surface area (Å²) in [7, 11) is 0. The molecule has 1 saturated carbocycles. The van der Waals surface area contributed by atoms with E-state index in [4.69, 9.17) is 14.7 Å². The Kier molecular flexibility index (Phi) is 3.81. The largest absolute Gasteiger partial charge is 0.490 e. The van der Waals surface area contributed by atoms with E-state index in [1.54, 1.807) is 0 Å². The van der Waals surface area contributed by atoms with E-state index >= 15 is 0 Å². The number of hydrogen-bond donors (Lipinski definition) is 1. The van der Waals surface area contributed by atoms with Gasteiger partial charge in [0.15, 0.2) is 0 Å². The molecule has 1 aromatic carbocycles. The molecule has 3 rings (SSSR count). The lowest BCUT2D eigenvalue weighted by Gasteiger charge is -2.31. The smallest absolute Gasteiger partial charge is 0.134 e. The number of ether oxygens (including phenoxy) is 2. The van der Waals surface area contributed by atoms with Gasteiger partial charge in [-0.1, -0.05) is 18.5 Å². The zero-order valence-corrected chi connectivity index (χ0v) is 11.8. The van der Waals surface area contributed by atoms with Crippen molar-refractivity contribution < 1.29 is 14.7 Å². The van der Waals surface area contributed by atoms with Crippen molar-refractivity contribution in [1.82, 2.24) is 0 Å². The van der Waals surface area contributed by atoms with Crippen LogP contribution in [0.25, 0.3) is 0 Å². The Balaban J connectivity index is 1.75. The van der Waals surface area contributed by atoms with Crippen molar-refractivity contribution in [2.75, 3.05) is 6.61 Å². The van der Waals surface area contributed by atoms with E-state index in [9.17, 15) is 0 Å². The van der Waals surface area contributed by atoms with Crippen molar-refractivity contribution in [3.05, 3.63) is 23.8 Å². The SMILES string of the molecule is CCC1CCCCC1Oc1ccc2c(c1)OCC2=NO. The Hall–Kier alpha value is -1.71. The Morgan fingerprint density at radius 1 is 1.35 bits per heavy atom. The lowest BCUT2D eigenvalue weighted by molar-refractivity contribution is 0.0901. The van der Waals surface area contributed by atoms with E-state index in [0.717, 1.165) is 23.5 Å². The second kappa shape index (κ2) is 5.73. The standard InChI is InChI=1S/C16H21NO3/c1-2-11-5-3-4-6-15(11)20-12-7-8-13-14(17-18)10-19-16(13)9-12/h7-9,11,15,18H,2-6,10H2,1H3. The first kappa shape index (κ1) is 13.3. The maximum atomic E-state index is 8.89. The topological polar surface area (TPSA) is 51.0 Å². The van der Waals surface area contributed by atoms with Gasteiger partial charge in [-0.3, -0.25) is 0 Å². The minimum atomic E-state index is 0.319. The normalized spacial score (nSPS) is 27.1. The Morgan fingerprint density at radius 3 is 3.00 bits per heavy atom. The van der Waals surface area contributed by atoms with Crippen LogP contribution in [0, 0.1) is 5.92 Å². The molecule has 108 valence electrons. The molecule has 0 amide bonds. The maximum absolute atomic E-state index is 8.89. The first-order valence-electron chi connectivity index (χ1n) is 7.46. The molecule has 1 aliphatic heterocycles. The second-order valence-electron chi connectivity index (χ2n) is 5.60. The van der Waals surface area contributed by atoms with E-state index in [0.29, 0.717) is 24.3 Å². The van der Waals surface area contributed by atoms with Crippen molar-refractivity contribution >= 4 is 5.71 Å². The van der Waals surface area contributed by atoms with Gasteiger partial charge in [0.2, 0.25) is 0 Å². The minimum absolute atomic E-state index is 0.319. The van der Waals surface area contributed by atoms with Gasteiger partial charge in [-0.15, -0.1) is 0 Å². The first-order valence-corrected chi connectivity index (χ1v) is 7.46. The Bertz CT molecular complexity index is 512. The predicted octanol–water partition coefficient (Wildman–Crippen LogP) is 3.60. The van der Waals surface area contributed by atoms with E-state index in [1.807, 2.05) is 18.2 Å². The third-order valence-electron chi connectivity index (χ3n) is 4.40. The molecule has 4 heteroatoms. The zero-order chi connectivity index (χ0) is 13.9. The summed E-state index contributed by atoms with van der Waals surface area (Å²) in [5.41, 5.74) is 1.44. The summed E-state index contributed by atoms with van der Waals surface area (Å²) in [5.74, 6) is 2.26. The summed E-state index contributed by atoms with van der Waals surface area (Å²) in [4.78, 5) is 0. The van der Waals surface area contributed by atoms with Gasteiger partial charge in [0.25, 0.3) is 0 Å². The maximum Gasteiger partial charge on any atom is 0.134 e. The van der Waals surface area contributed by atoms with Gasteiger partial charge in [0, 0.05) is 11.6 Å². The fourth-order valence-corrected chi connectivity index (χ4v) is 3.21. The lowest BCUT2D eigenvalue weighted by Crippen LogP contribution is -2.29. The first-order chi connectivity index (χ1) is 9.81. The fraction of sp³-hybridized carbons (Fsp3) is 0.562. The zero-order valence-electron chi connectivity index (χ0n) is 11.8. The average molecular weight is 275 g/mol. The molecule has 20 heavy (non-hydrogen) atoms. The van der Waals surface area contributed by atoms with Gasteiger partial charge in [-0.05, 0) is 43.7 Å². The van der Waals surface area contributed by atoms with Crippen molar-refractivity contribution in [3.8, 4) is 11.5 Å². The van der Waals surface area contributed by atoms with Crippen molar-refractivity contribution in [3.63, 3.8) is 0 Å². The molecular weight excluding hydrogens is 254 g/mol. The highest BCUT2D eigenvalue weighted by Gasteiger charge is 2.26. The molecular formula is C16H21NO3. The van der Waals surface area contributed by atoms with Gasteiger partial charge >= 0.3 is 0 Å². The van der Waals surface area contributed by atoms with Crippen molar-refractivity contribution in [2.24, 2.45) is 11.1 Å². The molecule has 2 aliphatic rings. The third kappa shape index (κ3) is 2.47. The van der Waals surface area contributed by atoms with E-state index in [1.165, 1.54) is 25.7 Å². The Morgan fingerprint density at radius 2 is 2.20 bits per heavy atom. The summed E-state index contributed by atoms with van der Waals surface area (Å²) in [5, 5.41) is 12.1. The second-order valence-corrected chi connectivity index (χ2v) is 5.60. The van der Waals surface area contributed by atoms with E-state index in [-0.39, 0.29) is 0 Å². The van der Waals surface area contributed by atoms with Crippen LogP contribution in [0.5, 0.6) is 11.5 Å². The predicted molar refractivity (Wildman–Crippen MR) is 76.9 cm³/mol. The molecule has 1 aromatic rings. The van der Waals surface area contributed by atoms with Crippen molar-refractivity contribution in [2.45, 2.75) is 45.1 Å².